The van der Waals surface area contributed by atoms with E-state index < -0.39 is 0 Å². The molecule has 1 aliphatic heterocycles. The molecule has 0 amide bonds. The van der Waals surface area contributed by atoms with Crippen molar-refractivity contribution >= 4 is 0 Å². The summed E-state index contributed by atoms with van der Waals surface area (Å²) >= 11 is 0. The van der Waals surface area contributed by atoms with Crippen molar-refractivity contribution in [1.29, 1.82) is 0 Å². The lowest BCUT2D eigenvalue weighted by Gasteiger charge is -2.09. The summed E-state index contributed by atoms with van der Waals surface area (Å²) in [6.45, 7) is 11.1. The molecule has 0 spiro atoms. The van der Waals surface area contributed by atoms with Gasteiger partial charge in [0, 0.05) is 0 Å². The number of hydrogen-bond acceptors (Lipinski definition) is 2. The molecule has 0 saturated carbocycles. The Bertz CT molecular complexity index is 92.8. The van der Waals surface area contributed by atoms with E-state index in [1.165, 1.54) is 51.9 Å². The average molecular weight is 182 g/mol. The van der Waals surface area contributed by atoms with Crippen LogP contribution in [0.25, 0.3) is 0 Å². The van der Waals surface area contributed by atoms with Gasteiger partial charge in [-0.15, -0.1) is 5.73 Å². The molecule has 0 unspecified atom stereocenters. The first-order valence-electron chi connectivity index (χ1n) is 5.12. The first-order valence-corrected chi connectivity index (χ1v) is 5.12. The van der Waals surface area contributed by atoms with Gasteiger partial charge in [-0.2, -0.15) is 0 Å². The Morgan fingerprint density at radius 3 is 1.15 bits per heavy atom. The van der Waals surface area contributed by atoms with E-state index in [1.54, 1.807) is 0 Å². The van der Waals surface area contributed by atoms with Crippen LogP contribution in [0.1, 0.15) is 25.7 Å². The summed E-state index contributed by atoms with van der Waals surface area (Å²) in [6.07, 6.45) is 5.31. The predicted octanol–water partition coefficient (Wildman–Crippen LogP) is 1.70. The standard InChI is InChI=1S/C8H18N2.C3H4/c1-2-6-10-8-4-3-7-9-5-1;1-3-2/h9-10H,1-8H2;1-2H2. The fourth-order valence-corrected chi connectivity index (χ4v) is 1.25. The largest absolute Gasteiger partial charge is 0.317 e. The summed E-state index contributed by atoms with van der Waals surface area (Å²) in [5.74, 6) is 0. The van der Waals surface area contributed by atoms with E-state index in [4.69, 9.17) is 0 Å². The molecule has 1 aliphatic rings. The number of nitrogens with one attached hydrogen (secondary N) is 2. The molecule has 0 aliphatic carbocycles. The van der Waals surface area contributed by atoms with E-state index in [0.717, 1.165) is 0 Å². The van der Waals surface area contributed by atoms with E-state index in [0.29, 0.717) is 0 Å². The van der Waals surface area contributed by atoms with Crippen LogP contribution in [0.5, 0.6) is 0 Å². The topological polar surface area (TPSA) is 24.1 Å². The molecule has 1 saturated heterocycles. The molecule has 1 heterocycles. The van der Waals surface area contributed by atoms with Gasteiger partial charge in [0.05, 0.1) is 0 Å². The van der Waals surface area contributed by atoms with E-state index in [-0.39, 0.29) is 0 Å². The van der Waals surface area contributed by atoms with Crippen LogP contribution >= 0.6 is 0 Å². The second kappa shape index (κ2) is 11.4. The zero-order chi connectivity index (χ0) is 9.78. The first-order chi connectivity index (χ1) is 6.41. The van der Waals surface area contributed by atoms with E-state index in [9.17, 15) is 0 Å². The second-order valence-corrected chi connectivity index (χ2v) is 3.16. The van der Waals surface area contributed by atoms with Crippen molar-refractivity contribution in [3.05, 3.63) is 18.9 Å². The third-order valence-electron chi connectivity index (χ3n) is 1.91. The smallest absolute Gasteiger partial charge is 0.00484 e. The molecular weight excluding hydrogens is 160 g/mol. The maximum atomic E-state index is 3.43. The van der Waals surface area contributed by atoms with Crippen LogP contribution in [0.15, 0.2) is 18.9 Å². The monoisotopic (exact) mass is 182 g/mol. The highest BCUT2D eigenvalue weighted by atomic mass is 14.9. The molecule has 76 valence electrons. The molecule has 1 rings (SSSR count). The number of rotatable bonds is 0. The minimum absolute atomic E-state index is 1.21. The van der Waals surface area contributed by atoms with Gasteiger partial charge in [-0.1, -0.05) is 13.2 Å². The summed E-state index contributed by atoms with van der Waals surface area (Å²) in [5.41, 5.74) is 2.25. The minimum atomic E-state index is 1.21. The lowest BCUT2D eigenvalue weighted by Crippen LogP contribution is -2.24. The van der Waals surface area contributed by atoms with Crippen molar-refractivity contribution in [2.24, 2.45) is 0 Å². The molecule has 1 fully saturated rings. The fourth-order valence-electron chi connectivity index (χ4n) is 1.25. The fraction of sp³-hybridized carbons (Fsp3) is 0.727. The van der Waals surface area contributed by atoms with Gasteiger partial charge in [0.1, 0.15) is 0 Å². The molecule has 0 radical (unpaired) electrons. The third-order valence-corrected chi connectivity index (χ3v) is 1.91. The van der Waals surface area contributed by atoms with Crippen molar-refractivity contribution < 1.29 is 0 Å². The van der Waals surface area contributed by atoms with Gasteiger partial charge in [0.15, 0.2) is 0 Å². The van der Waals surface area contributed by atoms with Crippen LogP contribution in [0.2, 0.25) is 0 Å². The zero-order valence-corrected chi connectivity index (χ0v) is 8.57. The van der Waals surface area contributed by atoms with Crippen molar-refractivity contribution in [3.8, 4) is 0 Å². The van der Waals surface area contributed by atoms with Gasteiger partial charge in [-0.05, 0) is 51.9 Å². The van der Waals surface area contributed by atoms with Gasteiger partial charge < -0.3 is 10.6 Å². The van der Waals surface area contributed by atoms with Gasteiger partial charge in [0.2, 0.25) is 0 Å². The summed E-state index contributed by atoms with van der Waals surface area (Å²) in [5, 5.41) is 6.85. The molecule has 0 bridgehead atoms. The van der Waals surface area contributed by atoms with Crippen molar-refractivity contribution in [2.75, 3.05) is 26.2 Å². The molecular formula is C11H22N2. The highest BCUT2D eigenvalue weighted by Gasteiger charge is 1.93. The highest BCUT2D eigenvalue weighted by molar-refractivity contribution is 4.56. The summed E-state index contributed by atoms with van der Waals surface area (Å²) in [7, 11) is 0. The van der Waals surface area contributed by atoms with Crippen molar-refractivity contribution in [1.82, 2.24) is 10.6 Å². The quantitative estimate of drug-likeness (QED) is 0.557. The molecule has 2 nitrogen and oxygen atoms in total. The van der Waals surface area contributed by atoms with E-state index in [2.05, 4.69) is 29.5 Å². The average Bonchev–Trinajstić information content (AvgIpc) is 2.16. The molecule has 0 aromatic rings. The second-order valence-electron chi connectivity index (χ2n) is 3.16. The van der Waals surface area contributed by atoms with Gasteiger partial charge in [-0.3, -0.25) is 0 Å². The zero-order valence-electron chi connectivity index (χ0n) is 8.57. The predicted molar refractivity (Wildman–Crippen MR) is 59.0 cm³/mol. The van der Waals surface area contributed by atoms with Gasteiger partial charge in [0.25, 0.3) is 0 Å². The van der Waals surface area contributed by atoms with Crippen LogP contribution in [0, 0.1) is 0 Å². The Labute approximate surface area is 82.1 Å². The molecule has 0 aromatic heterocycles. The molecule has 13 heavy (non-hydrogen) atoms. The van der Waals surface area contributed by atoms with Crippen LogP contribution in [0.3, 0.4) is 0 Å². The normalized spacial score (nSPS) is 19.1. The van der Waals surface area contributed by atoms with Crippen LogP contribution < -0.4 is 10.6 Å². The van der Waals surface area contributed by atoms with Gasteiger partial charge >= 0.3 is 0 Å². The Hall–Kier alpha value is -0.560. The van der Waals surface area contributed by atoms with E-state index in [1.807, 2.05) is 0 Å². The first kappa shape index (κ1) is 12.4. The molecule has 2 N–H and O–H groups in total. The third kappa shape index (κ3) is 11.4. The van der Waals surface area contributed by atoms with Crippen LogP contribution in [-0.4, -0.2) is 26.2 Å². The van der Waals surface area contributed by atoms with Gasteiger partial charge in [-0.25, -0.2) is 0 Å². The Morgan fingerprint density at radius 2 is 0.923 bits per heavy atom. The van der Waals surface area contributed by atoms with Crippen molar-refractivity contribution in [2.45, 2.75) is 25.7 Å². The van der Waals surface area contributed by atoms with E-state index >= 15 is 0 Å². The summed E-state index contributed by atoms with van der Waals surface area (Å²) < 4.78 is 0. The van der Waals surface area contributed by atoms with Crippen LogP contribution in [0.4, 0.5) is 0 Å². The highest BCUT2D eigenvalue weighted by Crippen LogP contribution is 1.90. The summed E-state index contributed by atoms with van der Waals surface area (Å²) in [6, 6.07) is 0. The lowest BCUT2D eigenvalue weighted by atomic mass is 10.2. The maximum Gasteiger partial charge on any atom is -0.00484 e. The number of hydrogen-bond donors (Lipinski definition) is 2. The van der Waals surface area contributed by atoms with Crippen LogP contribution in [-0.2, 0) is 0 Å². The molecule has 2 heteroatoms. The Kier molecular flexibility index (Phi) is 10.9. The lowest BCUT2D eigenvalue weighted by molar-refractivity contribution is 0.523. The van der Waals surface area contributed by atoms with Crippen molar-refractivity contribution in [3.63, 3.8) is 0 Å². The SMILES string of the molecule is C1CCNCCCCNC1.C=C=C. The summed E-state index contributed by atoms with van der Waals surface area (Å²) in [4.78, 5) is 0. The molecule has 0 atom stereocenters. The minimum Gasteiger partial charge on any atom is -0.317 e. The maximum absolute atomic E-state index is 3.43. The Morgan fingerprint density at radius 1 is 0.692 bits per heavy atom. The molecule has 0 aromatic carbocycles. The Balaban J connectivity index is 0.000000424.